The predicted molar refractivity (Wildman–Crippen MR) is 71.9 cm³/mol. The zero-order chi connectivity index (χ0) is 12.8. The van der Waals surface area contributed by atoms with Crippen LogP contribution in [0.25, 0.3) is 0 Å². The molecule has 5 nitrogen and oxygen atoms in total. The molecule has 1 aliphatic carbocycles. The summed E-state index contributed by atoms with van der Waals surface area (Å²) in [6, 6.07) is 4.09. The van der Waals surface area contributed by atoms with Crippen molar-refractivity contribution in [2.75, 3.05) is 17.0 Å². The van der Waals surface area contributed by atoms with Crippen molar-refractivity contribution in [3.8, 4) is 0 Å². The highest BCUT2D eigenvalue weighted by atomic mass is 32.2. The van der Waals surface area contributed by atoms with Crippen molar-refractivity contribution in [1.82, 2.24) is 10.3 Å². The molecule has 0 radical (unpaired) electrons. The molecule has 6 heteroatoms. The van der Waals surface area contributed by atoms with E-state index in [1.54, 1.807) is 18.3 Å². The molecule has 0 aliphatic heterocycles. The highest BCUT2D eigenvalue weighted by Crippen LogP contribution is 2.18. The van der Waals surface area contributed by atoms with E-state index in [0.717, 1.165) is 13.0 Å². The maximum Gasteiger partial charge on any atom is 0.232 e. The summed E-state index contributed by atoms with van der Waals surface area (Å²) in [5.74, 6) is 0.161. The molecule has 1 fully saturated rings. The van der Waals surface area contributed by atoms with Crippen molar-refractivity contribution in [2.45, 2.75) is 31.7 Å². The highest BCUT2D eigenvalue weighted by molar-refractivity contribution is 7.92. The van der Waals surface area contributed by atoms with E-state index >= 15 is 0 Å². The van der Waals surface area contributed by atoms with Gasteiger partial charge in [-0.05, 0) is 44.4 Å². The van der Waals surface area contributed by atoms with E-state index in [0.29, 0.717) is 18.2 Å². The molecule has 100 valence electrons. The summed E-state index contributed by atoms with van der Waals surface area (Å²) in [7, 11) is -3.24. The van der Waals surface area contributed by atoms with Gasteiger partial charge >= 0.3 is 0 Å². The number of hydrogen-bond acceptors (Lipinski definition) is 4. The molecule has 1 heterocycles. The van der Waals surface area contributed by atoms with E-state index in [1.165, 1.54) is 19.0 Å². The minimum Gasteiger partial charge on any atom is -0.314 e. The highest BCUT2D eigenvalue weighted by Gasteiger charge is 2.19. The first-order valence-corrected chi connectivity index (χ1v) is 7.95. The van der Waals surface area contributed by atoms with Crippen LogP contribution in [0, 0.1) is 0 Å². The Morgan fingerprint density at radius 3 is 2.83 bits per heavy atom. The fraction of sp³-hybridized carbons (Fsp3) is 0.583. The molecule has 0 bridgehead atoms. The van der Waals surface area contributed by atoms with E-state index in [-0.39, 0.29) is 5.75 Å². The van der Waals surface area contributed by atoms with E-state index < -0.39 is 10.0 Å². The molecule has 0 aromatic carbocycles. The van der Waals surface area contributed by atoms with Gasteiger partial charge in [0.05, 0.1) is 17.6 Å². The molecule has 1 saturated carbocycles. The van der Waals surface area contributed by atoms with Crippen LogP contribution in [-0.2, 0) is 10.0 Å². The first kappa shape index (κ1) is 13.3. The van der Waals surface area contributed by atoms with Crippen molar-refractivity contribution >= 4 is 15.7 Å². The lowest BCUT2D eigenvalue weighted by molar-refractivity contribution is 0.591. The zero-order valence-corrected chi connectivity index (χ0v) is 11.1. The molecular weight excluding hydrogens is 250 g/mol. The molecule has 0 spiro atoms. The van der Waals surface area contributed by atoms with Gasteiger partial charge in [-0.15, -0.1) is 0 Å². The van der Waals surface area contributed by atoms with Crippen LogP contribution in [0.5, 0.6) is 0 Å². The van der Waals surface area contributed by atoms with Crippen LogP contribution in [0.3, 0.4) is 0 Å². The van der Waals surface area contributed by atoms with E-state index in [4.69, 9.17) is 0 Å². The fourth-order valence-electron chi connectivity index (χ4n) is 1.66. The van der Waals surface area contributed by atoms with E-state index in [9.17, 15) is 8.42 Å². The third-order valence-corrected chi connectivity index (χ3v) is 4.16. The summed E-state index contributed by atoms with van der Waals surface area (Å²) in [5.41, 5.74) is 0.522. The van der Waals surface area contributed by atoms with Crippen LogP contribution in [0.1, 0.15) is 25.7 Å². The van der Waals surface area contributed by atoms with Gasteiger partial charge in [0, 0.05) is 12.2 Å². The number of nitrogens with one attached hydrogen (secondary N) is 2. The first-order valence-electron chi connectivity index (χ1n) is 6.30. The third-order valence-electron chi connectivity index (χ3n) is 2.79. The average Bonchev–Trinajstić information content (AvgIpc) is 3.13. The van der Waals surface area contributed by atoms with Crippen molar-refractivity contribution in [1.29, 1.82) is 0 Å². The Morgan fingerprint density at radius 1 is 1.33 bits per heavy atom. The van der Waals surface area contributed by atoms with Crippen molar-refractivity contribution in [3.63, 3.8) is 0 Å². The van der Waals surface area contributed by atoms with Gasteiger partial charge in [0.15, 0.2) is 0 Å². The quantitative estimate of drug-likeness (QED) is 0.699. The van der Waals surface area contributed by atoms with Gasteiger partial charge < -0.3 is 5.32 Å². The monoisotopic (exact) mass is 269 g/mol. The SMILES string of the molecule is O=S(=O)(CCCCNC1CC1)Nc1cccnc1. The van der Waals surface area contributed by atoms with Crippen molar-refractivity contribution in [3.05, 3.63) is 24.5 Å². The number of hydrogen-bond donors (Lipinski definition) is 2. The average molecular weight is 269 g/mol. The predicted octanol–water partition coefficient (Wildman–Crippen LogP) is 1.36. The Hall–Kier alpha value is -1.14. The molecule has 2 N–H and O–H groups in total. The summed E-state index contributed by atoms with van der Waals surface area (Å²) >= 11 is 0. The standard InChI is InChI=1S/C12H19N3O2S/c16-18(17,15-12-4-3-7-13-10-12)9-2-1-8-14-11-5-6-11/h3-4,7,10-11,14-15H,1-2,5-6,8-9H2. The van der Waals surface area contributed by atoms with Gasteiger partial charge in [-0.2, -0.15) is 0 Å². The minimum atomic E-state index is -3.24. The summed E-state index contributed by atoms with van der Waals surface area (Å²) in [6.45, 7) is 0.910. The normalized spacial score (nSPS) is 15.6. The Bertz CT molecular complexity index is 457. The van der Waals surface area contributed by atoms with E-state index in [1.807, 2.05) is 0 Å². The molecule has 0 atom stereocenters. The number of unbranched alkanes of at least 4 members (excludes halogenated alkanes) is 1. The maximum absolute atomic E-state index is 11.8. The Kier molecular flexibility index (Phi) is 4.54. The molecule has 18 heavy (non-hydrogen) atoms. The molecule has 0 saturated heterocycles. The molecule has 0 amide bonds. The lowest BCUT2D eigenvalue weighted by atomic mass is 10.3. The topological polar surface area (TPSA) is 71.1 Å². The Balaban J connectivity index is 1.66. The molecule has 2 rings (SSSR count). The number of nitrogens with zero attached hydrogens (tertiary/aromatic N) is 1. The largest absolute Gasteiger partial charge is 0.314 e. The minimum absolute atomic E-state index is 0.161. The van der Waals surface area contributed by atoms with E-state index in [2.05, 4.69) is 15.0 Å². The summed E-state index contributed by atoms with van der Waals surface area (Å²) in [6.07, 6.45) is 7.22. The number of aromatic nitrogens is 1. The van der Waals surface area contributed by atoms with Gasteiger partial charge in [0.1, 0.15) is 0 Å². The zero-order valence-electron chi connectivity index (χ0n) is 10.3. The van der Waals surface area contributed by atoms with Crippen LogP contribution in [0.15, 0.2) is 24.5 Å². The lowest BCUT2D eigenvalue weighted by Gasteiger charge is -2.07. The van der Waals surface area contributed by atoms with Crippen LogP contribution in [-0.4, -0.2) is 31.7 Å². The number of anilines is 1. The second-order valence-corrected chi connectivity index (χ2v) is 6.44. The summed E-state index contributed by atoms with van der Waals surface area (Å²) in [5, 5.41) is 3.37. The van der Waals surface area contributed by atoms with Crippen LogP contribution < -0.4 is 10.0 Å². The second-order valence-electron chi connectivity index (χ2n) is 4.60. The smallest absolute Gasteiger partial charge is 0.232 e. The Labute approximate surface area is 108 Å². The number of rotatable bonds is 8. The Morgan fingerprint density at radius 2 is 2.17 bits per heavy atom. The number of pyridine rings is 1. The first-order chi connectivity index (χ1) is 8.66. The maximum atomic E-state index is 11.8. The van der Waals surface area contributed by atoms with Crippen LogP contribution >= 0.6 is 0 Å². The van der Waals surface area contributed by atoms with Gasteiger partial charge in [0.2, 0.25) is 10.0 Å². The van der Waals surface area contributed by atoms with Gasteiger partial charge in [-0.3, -0.25) is 9.71 Å². The fourth-order valence-corrected chi connectivity index (χ4v) is 2.83. The third kappa shape index (κ3) is 5.01. The van der Waals surface area contributed by atoms with Crippen LogP contribution in [0.4, 0.5) is 5.69 Å². The molecule has 1 aromatic rings. The molecular formula is C12H19N3O2S. The van der Waals surface area contributed by atoms with Gasteiger partial charge in [-0.1, -0.05) is 0 Å². The summed E-state index contributed by atoms with van der Waals surface area (Å²) < 4.78 is 26.0. The lowest BCUT2D eigenvalue weighted by Crippen LogP contribution is -2.20. The summed E-state index contributed by atoms with van der Waals surface area (Å²) in [4.78, 5) is 3.87. The molecule has 0 unspecified atom stereocenters. The van der Waals surface area contributed by atoms with Gasteiger partial charge in [-0.25, -0.2) is 8.42 Å². The van der Waals surface area contributed by atoms with Crippen molar-refractivity contribution < 1.29 is 8.42 Å². The second kappa shape index (κ2) is 6.15. The van der Waals surface area contributed by atoms with Crippen molar-refractivity contribution in [2.24, 2.45) is 0 Å². The van der Waals surface area contributed by atoms with Crippen LogP contribution in [0.2, 0.25) is 0 Å². The molecule has 1 aliphatic rings. The van der Waals surface area contributed by atoms with Gasteiger partial charge in [0.25, 0.3) is 0 Å². The molecule has 1 aromatic heterocycles. The number of sulfonamides is 1.